The third-order valence-corrected chi connectivity index (χ3v) is 5.55. The molecule has 3 heterocycles. The van der Waals surface area contributed by atoms with E-state index in [1.807, 2.05) is 30.7 Å². The van der Waals surface area contributed by atoms with Crippen LogP contribution in [0.1, 0.15) is 16.3 Å². The summed E-state index contributed by atoms with van der Waals surface area (Å²) in [5, 5.41) is 10.5. The predicted molar refractivity (Wildman–Crippen MR) is 89.3 cm³/mol. The van der Waals surface area contributed by atoms with E-state index in [2.05, 4.69) is 20.7 Å². The average Bonchev–Trinajstić information content (AvgIpc) is 3.12. The van der Waals surface area contributed by atoms with Crippen molar-refractivity contribution >= 4 is 45.0 Å². The van der Waals surface area contributed by atoms with E-state index < -0.39 is 0 Å². The smallest absolute Gasteiger partial charge is 0.232 e. The molecule has 0 aliphatic carbocycles. The monoisotopic (exact) mass is 335 g/mol. The molecule has 0 radical (unpaired) electrons. The van der Waals surface area contributed by atoms with Gasteiger partial charge in [0, 0.05) is 21.2 Å². The summed E-state index contributed by atoms with van der Waals surface area (Å²) in [4.78, 5) is 22.0. The SMILES string of the molecule is Cc1nc(NC(=O)Cc2csc(-c3ccsc3)n2)sc1C. The molecule has 21 heavy (non-hydrogen) atoms. The minimum Gasteiger partial charge on any atom is -0.302 e. The first kappa shape index (κ1) is 14.4. The van der Waals surface area contributed by atoms with E-state index in [-0.39, 0.29) is 12.3 Å². The zero-order chi connectivity index (χ0) is 14.8. The van der Waals surface area contributed by atoms with Crippen LogP contribution in [0, 0.1) is 13.8 Å². The van der Waals surface area contributed by atoms with Gasteiger partial charge in [0.25, 0.3) is 0 Å². The van der Waals surface area contributed by atoms with Crippen LogP contribution in [0.25, 0.3) is 10.6 Å². The number of nitrogens with zero attached hydrogens (tertiary/aromatic N) is 2. The Balaban J connectivity index is 1.65. The van der Waals surface area contributed by atoms with Crippen LogP contribution in [-0.4, -0.2) is 15.9 Å². The maximum absolute atomic E-state index is 12.0. The highest BCUT2D eigenvalue weighted by Crippen LogP contribution is 2.26. The lowest BCUT2D eigenvalue weighted by molar-refractivity contribution is -0.115. The molecule has 0 bridgehead atoms. The van der Waals surface area contributed by atoms with Gasteiger partial charge in [0.2, 0.25) is 5.91 Å². The number of thiazole rings is 2. The third kappa shape index (κ3) is 3.37. The number of nitrogens with one attached hydrogen (secondary N) is 1. The molecule has 0 saturated heterocycles. The lowest BCUT2D eigenvalue weighted by Gasteiger charge is -1.98. The fourth-order valence-corrected chi connectivity index (χ4v) is 4.12. The second-order valence-electron chi connectivity index (χ2n) is 4.54. The molecule has 0 aliphatic rings. The summed E-state index contributed by atoms with van der Waals surface area (Å²) in [6, 6.07) is 2.04. The number of hydrogen-bond acceptors (Lipinski definition) is 6. The normalized spacial score (nSPS) is 10.8. The van der Waals surface area contributed by atoms with Gasteiger partial charge in [0.1, 0.15) is 5.01 Å². The minimum absolute atomic E-state index is 0.0779. The molecular weight excluding hydrogens is 322 g/mol. The van der Waals surface area contributed by atoms with Gasteiger partial charge in [-0.3, -0.25) is 4.79 Å². The standard InChI is InChI=1S/C14H13N3OS3/c1-8-9(2)21-14(15-8)17-12(18)5-11-7-20-13(16-11)10-3-4-19-6-10/h3-4,6-7H,5H2,1-2H3,(H,15,17,18). The predicted octanol–water partition coefficient (Wildman–Crippen LogP) is 4.13. The Kier molecular flexibility index (Phi) is 4.14. The summed E-state index contributed by atoms with van der Waals surface area (Å²) in [7, 11) is 0. The quantitative estimate of drug-likeness (QED) is 0.780. The maximum atomic E-state index is 12.0. The first-order valence-electron chi connectivity index (χ1n) is 6.32. The fourth-order valence-electron chi connectivity index (χ4n) is 1.76. The fraction of sp³-hybridized carbons (Fsp3) is 0.214. The van der Waals surface area contributed by atoms with E-state index in [0.29, 0.717) is 5.13 Å². The van der Waals surface area contributed by atoms with Gasteiger partial charge in [0.05, 0.1) is 17.8 Å². The molecular formula is C14H13N3OS3. The summed E-state index contributed by atoms with van der Waals surface area (Å²) in [5.41, 5.74) is 2.87. The van der Waals surface area contributed by atoms with Crippen LogP contribution < -0.4 is 5.32 Å². The van der Waals surface area contributed by atoms with Crippen molar-refractivity contribution in [2.75, 3.05) is 5.32 Å². The molecule has 0 spiro atoms. The summed E-state index contributed by atoms with van der Waals surface area (Å²) in [5.74, 6) is -0.0779. The van der Waals surface area contributed by atoms with Crippen LogP contribution in [0.5, 0.6) is 0 Å². The van der Waals surface area contributed by atoms with Gasteiger partial charge in [-0.15, -0.1) is 22.7 Å². The molecule has 1 amide bonds. The van der Waals surface area contributed by atoms with Crippen molar-refractivity contribution in [1.82, 2.24) is 9.97 Å². The van der Waals surface area contributed by atoms with Crippen molar-refractivity contribution in [2.45, 2.75) is 20.3 Å². The molecule has 0 aliphatic heterocycles. The lowest BCUT2D eigenvalue weighted by Crippen LogP contribution is -2.14. The summed E-state index contributed by atoms with van der Waals surface area (Å²) in [6.45, 7) is 3.94. The minimum atomic E-state index is -0.0779. The molecule has 0 atom stereocenters. The first-order valence-corrected chi connectivity index (χ1v) is 8.96. The highest BCUT2D eigenvalue weighted by atomic mass is 32.1. The number of hydrogen-bond donors (Lipinski definition) is 1. The molecule has 3 rings (SSSR count). The number of carbonyl (C=O) groups is 1. The molecule has 0 unspecified atom stereocenters. The van der Waals surface area contributed by atoms with Crippen molar-refractivity contribution in [1.29, 1.82) is 0 Å². The van der Waals surface area contributed by atoms with Gasteiger partial charge < -0.3 is 5.32 Å². The van der Waals surface area contributed by atoms with Gasteiger partial charge in [-0.1, -0.05) is 0 Å². The van der Waals surface area contributed by atoms with Crippen molar-refractivity contribution in [3.05, 3.63) is 38.5 Å². The van der Waals surface area contributed by atoms with E-state index in [1.54, 1.807) is 22.7 Å². The molecule has 7 heteroatoms. The Hall–Kier alpha value is -1.57. The third-order valence-electron chi connectivity index (χ3n) is 2.94. The van der Waals surface area contributed by atoms with Crippen LogP contribution >= 0.6 is 34.0 Å². The molecule has 0 saturated carbocycles. The molecule has 0 aromatic carbocycles. The molecule has 108 valence electrons. The number of aryl methyl sites for hydroxylation is 2. The van der Waals surface area contributed by atoms with Gasteiger partial charge in [-0.05, 0) is 25.3 Å². The van der Waals surface area contributed by atoms with Gasteiger partial charge in [-0.2, -0.15) is 11.3 Å². The van der Waals surface area contributed by atoms with E-state index in [1.165, 1.54) is 11.3 Å². The van der Waals surface area contributed by atoms with E-state index in [9.17, 15) is 4.79 Å². The summed E-state index contributed by atoms with van der Waals surface area (Å²) >= 11 is 4.71. The first-order chi connectivity index (χ1) is 10.1. The highest BCUT2D eigenvalue weighted by Gasteiger charge is 2.11. The van der Waals surface area contributed by atoms with Crippen LogP contribution in [0.15, 0.2) is 22.2 Å². The molecule has 4 nitrogen and oxygen atoms in total. The number of rotatable bonds is 4. The van der Waals surface area contributed by atoms with Gasteiger partial charge in [0.15, 0.2) is 5.13 Å². The Labute approximate surface area is 134 Å². The largest absolute Gasteiger partial charge is 0.302 e. The molecule has 0 fully saturated rings. The van der Waals surface area contributed by atoms with E-state index in [4.69, 9.17) is 0 Å². The van der Waals surface area contributed by atoms with E-state index >= 15 is 0 Å². The number of amides is 1. The van der Waals surface area contributed by atoms with Crippen molar-refractivity contribution in [2.24, 2.45) is 0 Å². The Bertz CT molecular complexity index is 739. The Morgan fingerprint density at radius 1 is 1.29 bits per heavy atom. The number of anilines is 1. The highest BCUT2D eigenvalue weighted by molar-refractivity contribution is 7.15. The van der Waals surface area contributed by atoms with Crippen LogP contribution in [-0.2, 0) is 11.2 Å². The number of thiophene rings is 1. The average molecular weight is 335 g/mol. The summed E-state index contributed by atoms with van der Waals surface area (Å²) < 4.78 is 0. The van der Waals surface area contributed by atoms with Crippen molar-refractivity contribution < 1.29 is 4.79 Å². The number of aromatic nitrogens is 2. The second-order valence-corrected chi connectivity index (χ2v) is 7.38. The zero-order valence-electron chi connectivity index (χ0n) is 11.5. The molecule has 3 aromatic heterocycles. The molecule has 3 aromatic rings. The second kappa shape index (κ2) is 6.05. The molecule has 1 N–H and O–H groups in total. The van der Waals surface area contributed by atoms with Crippen LogP contribution in [0.4, 0.5) is 5.13 Å². The maximum Gasteiger partial charge on any atom is 0.232 e. The van der Waals surface area contributed by atoms with Crippen molar-refractivity contribution in [3.63, 3.8) is 0 Å². The van der Waals surface area contributed by atoms with Crippen LogP contribution in [0.2, 0.25) is 0 Å². The Morgan fingerprint density at radius 3 is 2.81 bits per heavy atom. The zero-order valence-corrected chi connectivity index (χ0v) is 14.0. The van der Waals surface area contributed by atoms with E-state index in [0.717, 1.165) is 26.8 Å². The van der Waals surface area contributed by atoms with Crippen LogP contribution in [0.3, 0.4) is 0 Å². The van der Waals surface area contributed by atoms with Crippen molar-refractivity contribution in [3.8, 4) is 10.6 Å². The van der Waals surface area contributed by atoms with Gasteiger partial charge in [-0.25, -0.2) is 9.97 Å². The summed E-state index contributed by atoms with van der Waals surface area (Å²) in [6.07, 6.45) is 0.276. The lowest BCUT2D eigenvalue weighted by atomic mass is 10.3. The number of carbonyl (C=O) groups excluding carboxylic acids is 1. The Morgan fingerprint density at radius 2 is 2.14 bits per heavy atom. The van der Waals surface area contributed by atoms with Gasteiger partial charge >= 0.3 is 0 Å². The topological polar surface area (TPSA) is 54.9 Å².